The maximum atomic E-state index is 12.0. The second-order valence-corrected chi connectivity index (χ2v) is 6.27. The van der Waals surface area contributed by atoms with Gasteiger partial charge in [-0.3, -0.25) is 9.69 Å². The first-order valence-corrected chi connectivity index (χ1v) is 7.80. The van der Waals surface area contributed by atoms with Gasteiger partial charge < -0.3 is 10.1 Å². The number of hydrogen-bond acceptors (Lipinski definition) is 3. The van der Waals surface area contributed by atoms with E-state index in [0.29, 0.717) is 12.0 Å². The number of nitrogens with zero attached hydrogens (tertiary/aromatic N) is 1. The van der Waals surface area contributed by atoms with Gasteiger partial charge in [0.15, 0.2) is 0 Å². The highest BCUT2D eigenvalue weighted by molar-refractivity contribution is 5.80. The van der Waals surface area contributed by atoms with Gasteiger partial charge in [-0.05, 0) is 51.1 Å². The zero-order chi connectivity index (χ0) is 13.7. The summed E-state index contributed by atoms with van der Waals surface area (Å²) < 4.78 is 5.43. The van der Waals surface area contributed by atoms with Crippen LogP contribution in [0, 0.1) is 5.92 Å². The third-order valence-corrected chi connectivity index (χ3v) is 4.13. The van der Waals surface area contributed by atoms with E-state index in [1.807, 2.05) is 0 Å². The summed E-state index contributed by atoms with van der Waals surface area (Å²) >= 11 is 0. The van der Waals surface area contributed by atoms with Crippen molar-refractivity contribution in [1.82, 2.24) is 10.2 Å². The first-order chi connectivity index (χ1) is 9.16. The van der Waals surface area contributed by atoms with Crippen LogP contribution in [-0.4, -0.2) is 49.2 Å². The number of carbonyl (C=O) groups is 1. The molecule has 0 spiro atoms. The molecule has 0 radical (unpaired) electrons. The van der Waals surface area contributed by atoms with Crippen molar-refractivity contribution in [1.29, 1.82) is 0 Å². The van der Waals surface area contributed by atoms with Gasteiger partial charge in [0.1, 0.15) is 6.10 Å². The number of nitrogens with one attached hydrogen (secondary N) is 1. The fourth-order valence-corrected chi connectivity index (χ4v) is 3.13. The molecule has 0 bridgehead atoms. The highest BCUT2D eigenvalue weighted by Crippen LogP contribution is 2.18. The van der Waals surface area contributed by atoms with Crippen LogP contribution in [0.25, 0.3) is 0 Å². The molecule has 0 aliphatic carbocycles. The van der Waals surface area contributed by atoms with Crippen LogP contribution in [0.2, 0.25) is 0 Å². The molecule has 0 aromatic heterocycles. The minimum absolute atomic E-state index is 0.0884. The molecule has 2 atom stereocenters. The van der Waals surface area contributed by atoms with E-state index < -0.39 is 0 Å². The average molecular weight is 268 g/mol. The second-order valence-electron chi connectivity index (χ2n) is 6.27. The van der Waals surface area contributed by atoms with Gasteiger partial charge in [0.2, 0.25) is 5.91 Å². The molecule has 19 heavy (non-hydrogen) atoms. The number of rotatable bonds is 6. The fraction of sp³-hybridized carbons (Fsp3) is 0.933. The van der Waals surface area contributed by atoms with E-state index in [2.05, 4.69) is 24.1 Å². The molecule has 2 aliphatic heterocycles. The van der Waals surface area contributed by atoms with Crippen LogP contribution in [0.4, 0.5) is 0 Å². The van der Waals surface area contributed by atoms with Gasteiger partial charge in [-0.25, -0.2) is 0 Å². The Morgan fingerprint density at radius 3 is 2.63 bits per heavy atom. The minimum Gasteiger partial charge on any atom is -0.368 e. The standard InChI is InChI=1S/C15H28N2O2/c1-12(2)10-13(17-7-3-4-8-17)11-16-15(18)14-6-5-9-19-14/h12-14H,3-11H2,1-2H3,(H,16,18). The maximum Gasteiger partial charge on any atom is 0.249 e. The van der Waals surface area contributed by atoms with Crippen molar-refractivity contribution in [2.24, 2.45) is 5.92 Å². The quantitative estimate of drug-likeness (QED) is 0.798. The van der Waals surface area contributed by atoms with Gasteiger partial charge in [0, 0.05) is 19.2 Å². The Morgan fingerprint density at radius 1 is 1.32 bits per heavy atom. The van der Waals surface area contributed by atoms with Crippen LogP contribution in [0.1, 0.15) is 46.0 Å². The molecular formula is C15H28N2O2. The molecule has 2 heterocycles. The Bertz CT molecular complexity index is 282. The van der Waals surface area contributed by atoms with Crippen LogP contribution in [0.3, 0.4) is 0 Å². The highest BCUT2D eigenvalue weighted by Gasteiger charge is 2.26. The predicted molar refractivity (Wildman–Crippen MR) is 76.0 cm³/mol. The van der Waals surface area contributed by atoms with Gasteiger partial charge in [-0.1, -0.05) is 13.8 Å². The summed E-state index contributed by atoms with van der Waals surface area (Å²) in [7, 11) is 0. The molecular weight excluding hydrogens is 240 g/mol. The summed E-state index contributed by atoms with van der Waals surface area (Å²) in [6.07, 6.45) is 5.46. The van der Waals surface area contributed by atoms with Gasteiger partial charge >= 0.3 is 0 Å². The summed E-state index contributed by atoms with van der Waals surface area (Å²) in [4.78, 5) is 14.5. The predicted octanol–water partition coefficient (Wildman–Crippen LogP) is 1.79. The van der Waals surface area contributed by atoms with Crippen molar-refractivity contribution in [2.75, 3.05) is 26.2 Å². The topological polar surface area (TPSA) is 41.6 Å². The molecule has 2 fully saturated rings. The summed E-state index contributed by atoms with van der Waals surface area (Å²) in [6.45, 7) is 8.40. The average Bonchev–Trinajstić information content (AvgIpc) is 3.04. The zero-order valence-corrected chi connectivity index (χ0v) is 12.4. The lowest BCUT2D eigenvalue weighted by Gasteiger charge is -2.29. The molecule has 2 saturated heterocycles. The van der Waals surface area contributed by atoms with Crippen molar-refractivity contribution in [3.63, 3.8) is 0 Å². The largest absolute Gasteiger partial charge is 0.368 e. The summed E-state index contributed by atoms with van der Waals surface area (Å²) in [5.74, 6) is 0.760. The van der Waals surface area contributed by atoms with Crippen LogP contribution in [0.5, 0.6) is 0 Å². The third kappa shape index (κ3) is 4.46. The molecule has 1 N–H and O–H groups in total. The Kier molecular flexibility index (Phi) is 5.64. The molecule has 4 nitrogen and oxygen atoms in total. The zero-order valence-electron chi connectivity index (χ0n) is 12.4. The van der Waals surface area contributed by atoms with Crippen LogP contribution >= 0.6 is 0 Å². The van der Waals surface area contributed by atoms with Crippen molar-refractivity contribution in [3.8, 4) is 0 Å². The molecule has 0 aromatic rings. The fourth-order valence-electron chi connectivity index (χ4n) is 3.13. The second kappa shape index (κ2) is 7.25. The molecule has 1 amide bonds. The summed E-state index contributed by atoms with van der Waals surface area (Å²) in [5.41, 5.74) is 0. The highest BCUT2D eigenvalue weighted by atomic mass is 16.5. The molecule has 2 rings (SSSR count). The monoisotopic (exact) mass is 268 g/mol. The van der Waals surface area contributed by atoms with Crippen LogP contribution < -0.4 is 5.32 Å². The Labute approximate surface area is 116 Å². The van der Waals surface area contributed by atoms with Crippen molar-refractivity contribution < 1.29 is 9.53 Å². The Morgan fingerprint density at radius 2 is 2.05 bits per heavy atom. The van der Waals surface area contributed by atoms with E-state index in [0.717, 1.165) is 32.4 Å². The van der Waals surface area contributed by atoms with Crippen LogP contribution in [0.15, 0.2) is 0 Å². The lowest BCUT2D eigenvalue weighted by molar-refractivity contribution is -0.130. The van der Waals surface area contributed by atoms with Crippen molar-refractivity contribution in [2.45, 2.75) is 58.1 Å². The van der Waals surface area contributed by atoms with E-state index in [-0.39, 0.29) is 12.0 Å². The van der Waals surface area contributed by atoms with Crippen LogP contribution in [-0.2, 0) is 9.53 Å². The molecule has 2 unspecified atom stereocenters. The lowest BCUT2D eigenvalue weighted by atomic mass is 10.0. The smallest absolute Gasteiger partial charge is 0.249 e. The SMILES string of the molecule is CC(C)CC(CNC(=O)C1CCCO1)N1CCCC1. The number of carbonyl (C=O) groups excluding carboxylic acids is 1. The van der Waals surface area contributed by atoms with E-state index in [1.165, 1.54) is 25.9 Å². The molecule has 4 heteroatoms. The number of amides is 1. The summed E-state index contributed by atoms with van der Waals surface area (Å²) in [5, 5.41) is 3.10. The minimum atomic E-state index is -0.196. The summed E-state index contributed by atoms with van der Waals surface area (Å²) in [6, 6.07) is 0.493. The van der Waals surface area contributed by atoms with Crippen molar-refractivity contribution in [3.05, 3.63) is 0 Å². The Hall–Kier alpha value is -0.610. The molecule has 110 valence electrons. The molecule has 0 aromatic carbocycles. The van der Waals surface area contributed by atoms with Gasteiger partial charge in [-0.2, -0.15) is 0 Å². The first-order valence-electron chi connectivity index (χ1n) is 7.80. The third-order valence-electron chi connectivity index (χ3n) is 4.13. The van der Waals surface area contributed by atoms with Gasteiger partial charge in [0.05, 0.1) is 0 Å². The van der Waals surface area contributed by atoms with E-state index in [1.54, 1.807) is 0 Å². The molecule has 2 aliphatic rings. The Balaban J connectivity index is 1.79. The van der Waals surface area contributed by atoms with E-state index >= 15 is 0 Å². The molecule has 0 saturated carbocycles. The number of hydrogen-bond donors (Lipinski definition) is 1. The number of likely N-dealkylation sites (tertiary alicyclic amines) is 1. The maximum absolute atomic E-state index is 12.0. The lowest BCUT2D eigenvalue weighted by Crippen LogP contribution is -2.45. The van der Waals surface area contributed by atoms with Crippen molar-refractivity contribution >= 4 is 5.91 Å². The van der Waals surface area contributed by atoms with E-state index in [9.17, 15) is 4.79 Å². The first kappa shape index (κ1) is 14.8. The van der Waals surface area contributed by atoms with E-state index in [4.69, 9.17) is 4.74 Å². The normalized spacial score (nSPS) is 25.9. The van der Waals surface area contributed by atoms with Gasteiger partial charge in [0.25, 0.3) is 0 Å². The number of ether oxygens (including phenoxy) is 1. The van der Waals surface area contributed by atoms with Gasteiger partial charge in [-0.15, -0.1) is 0 Å².